The number of amidine groups is 1. The molecule has 0 unspecified atom stereocenters. The average Bonchev–Trinajstić information content (AvgIpc) is 2.69. The minimum absolute atomic E-state index is 0.213. The van der Waals surface area contributed by atoms with E-state index in [1.54, 1.807) is 13.2 Å². The molecule has 0 saturated carbocycles. The highest BCUT2D eigenvalue weighted by atomic mass is 16.5. The van der Waals surface area contributed by atoms with Gasteiger partial charge >= 0.3 is 0 Å². The van der Waals surface area contributed by atoms with Gasteiger partial charge in [0.25, 0.3) is 5.95 Å². The van der Waals surface area contributed by atoms with Crippen LogP contribution in [0.15, 0.2) is 82.1 Å². The number of anilines is 1. The largest absolute Gasteiger partial charge is 0.481 e. The zero-order valence-electron chi connectivity index (χ0n) is 14.5. The maximum atomic E-state index is 5.14. The van der Waals surface area contributed by atoms with Crippen molar-refractivity contribution in [3.05, 3.63) is 78.0 Å². The molecule has 1 N–H and O–H groups in total. The van der Waals surface area contributed by atoms with E-state index >= 15 is 0 Å². The van der Waals surface area contributed by atoms with Crippen LogP contribution in [0.25, 0.3) is 0 Å². The molecule has 0 radical (unpaired) electrons. The van der Waals surface area contributed by atoms with Crippen molar-refractivity contribution in [2.24, 2.45) is 15.3 Å². The van der Waals surface area contributed by atoms with E-state index in [9.17, 15) is 0 Å². The number of aromatic nitrogens is 2. The van der Waals surface area contributed by atoms with Crippen LogP contribution in [0.5, 0.6) is 5.88 Å². The van der Waals surface area contributed by atoms with Crippen LogP contribution in [0, 0.1) is 6.92 Å². The molecular formula is C19H18N6O. The number of ether oxygens (including phenoxy) is 1. The molecule has 0 amide bonds. The first-order valence-corrected chi connectivity index (χ1v) is 8.00. The quantitative estimate of drug-likeness (QED) is 0.322. The first kappa shape index (κ1) is 17.2. The molecule has 2 aromatic carbocycles. The molecule has 0 spiro atoms. The van der Waals surface area contributed by atoms with Gasteiger partial charge < -0.3 is 4.74 Å². The predicted octanol–water partition coefficient (Wildman–Crippen LogP) is 4.35. The van der Waals surface area contributed by atoms with Gasteiger partial charge in [-0.05, 0) is 19.1 Å². The van der Waals surface area contributed by atoms with Crippen molar-refractivity contribution in [3.63, 3.8) is 0 Å². The first-order chi connectivity index (χ1) is 12.7. The van der Waals surface area contributed by atoms with E-state index < -0.39 is 0 Å². The molecule has 1 aromatic heterocycles. The molecule has 0 aliphatic heterocycles. The lowest BCUT2D eigenvalue weighted by Gasteiger charge is -2.03. The van der Waals surface area contributed by atoms with Gasteiger partial charge in [0.1, 0.15) is 0 Å². The summed E-state index contributed by atoms with van der Waals surface area (Å²) in [4.78, 5) is 8.41. The highest BCUT2D eigenvalue weighted by Crippen LogP contribution is 2.15. The number of nitrogens with one attached hydrogen (secondary N) is 1. The number of methoxy groups -OCH3 is 1. The maximum absolute atomic E-state index is 5.14. The van der Waals surface area contributed by atoms with Gasteiger partial charge in [-0.2, -0.15) is 10.1 Å². The van der Waals surface area contributed by atoms with E-state index in [1.165, 1.54) is 0 Å². The van der Waals surface area contributed by atoms with E-state index in [1.807, 2.05) is 67.6 Å². The predicted molar refractivity (Wildman–Crippen MR) is 101 cm³/mol. The Morgan fingerprint density at radius 3 is 2.35 bits per heavy atom. The Morgan fingerprint density at radius 2 is 1.65 bits per heavy atom. The summed E-state index contributed by atoms with van der Waals surface area (Å²) in [5, 5.41) is 12.7. The Kier molecular flexibility index (Phi) is 5.61. The fourth-order valence-electron chi connectivity index (χ4n) is 2.13. The lowest BCUT2D eigenvalue weighted by atomic mass is 10.2. The van der Waals surface area contributed by atoms with Crippen molar-refractivity contribution in [3.8, 4) is 5.88 Å². The molecule has 0 atom stereocenters. The van der Waals surface area contributed by atoms with Crippen LogP contribution in [0.2, 0.25) is 0 Å². The number of para-hydroxylation sites is 1. The highest BCUT2D eigenvalue weighted by molar-refractivity contribution is 5.99. The van der Waals surface area contributed by atoms with Crippen molar-refractivity contribution in [2.75, 3.05) is 12.5 Å². The summed E-state index contributed by atoms with van der Waals surface area (Å²) in [6, 6.07) is 20.9. The second-order valence-electron chi connectivity index (χ2n) is 5.33. The van der Waals surface area contributed by atoms with E-state index in [0.29, 0.717) is 11.7 Å². The van der Waals surface area contributed by atoms with Crippen LogP contribution in [0.1, 0.15) is 11.3 Å². The Hall–Kier alpha value is -3.61. The number of azo groups is 1. The number of benzene rings is 2. The second kappa shape index (κ2) is 8.48. The highest BCUT2D eigenvalue weighted by Gasteiger charge is 2.05. The molecule has 0 aliphatic carbocycles. The van der Waals surface area contributed by atoms with Gasteiger partial charge in [-0.1, -0.05) is 48.5 Å². The number of nitrogens with zero attached hydrogens (tertiary/aromatic N) is 5. The van der Waals surface area contributed by atoms with E-state index in [2.05, 4.69) is 30.7 Å². The van der Waals surface area contributed by atoms with E-state index in [-0.39, 0.29) is 5.95 Å². The lowest BCUT2D eigenvalue weighted by Crippen LogP contribution is -2.01. The topological polar surface area (TPSA) is 84.1 Å². The van der Waals surface area contributed by atoms with Gasteiger partial charge in [0.2, 0.25) is 11.7 Å². The molecule has 0 saturated heterocycles. The zero-order chi connectivity index (χ0) is 18.2. The molecular weight excluding hydrogens is 328 g/mol. The van der Waals surface area contributed by atoms with Gasteiger partial charge in [0.05, 0.1) is 12.8 Å². The molecule has 1 heterocycles. The van der Waals surface area contributed by atoms with Crippen LogP contribution < -0.4 is 10.2 Å². The van der Waals surface area contributed by atoms with Crippen molar-refractivity contribution >= 4 is 17.5 Å². The normalized spacial score (nSPS) is 11.5. The summed E-state index contributed by atoms with van der Waals surface area (Å²) in [7, 11) is 1.54. The Morgan fingerprint density at radius 1 is 0.962 bits per heavy atom. The van der Waals surface area contributed by atoms with Crippen LogP contribution in [-0.4, -0.2) is 22.9 Å². The van der Waals surface area contributed by atoms with Crippen LogP contribution in [0.3, 0.4) is 0 Å². The average molecular weight is 346 g/mol. The smallest absolute Gasteiger partial charge is 0.272 e. The lowest BCUT2D eigenvalue weighted by molar-refractivity contribution is 0.396. The van der Waals surface area contributed by atoms with Crippen LogP contribution in [-0.2, 0) is 0 Å². The molecule has 7 heteroatoms. The number of hydrazone groups is 1. The number of hydrogen-bond acceptors (Lipinski definition) is 6. The zero-order valence-corrected chi connectivity index (χ0v) is 14.5. The molecule has 0 fully saturated rings. The van der Waals surface area contributed by atoms with Crippen molar-refractivity contribution in [2.45, 2.75) is 6.92 Å². The number of rotatable bonds is 5. The minimum atomic E-state index is 0.213. The summed E-state index contributed by atoms with van der Waals surface area (Å²) in [6.07, 6.45) is 0. The monoisotopic (exact) mass is 346 g/mol. The van der Waals surface area contributed by atoms with Crippen LogP contribution >= 0.6 is 0 Å². The SMILES string of the molecule is COc1cc(C)nc(N=NC(=NNc2ccccc2)c2ccccc2)n1. The maximum Gasteiger partial charge on any atom is 0.272 e. The molecule has 3 rings (SSSR count). The molecule has 26 heavy (non-hydrogen) atoms. The van der Waals surface area contributed by atoms with Gasteiger partial charge in [-0.15, -0.1) is 10.2 Å². The molecule has 0 bridgehead atoms. The number of hydrogen-bond donors (Lipinski definition) is 1. The minimum Gasteiger partial charge on any atom is -0.481 e. The molecule has 7 nitrogen and oxygen atoms in total. The summed E-state index contributed by atoms with van der Waals surface area (Å²) in [6.45, 7) is 1.84. The fourth-order valence-corrected chi connectivity index (χ4v) is 2.13. The molecule has 130 valence electrons. The standard InChI is InChI=1S/C19H18N6O/c1-14-13-17(26-2)21-19(20-14)25-24-18(15-9-5-3-6-10-15)23-22-16-11-7-4-8-12-16/h3-13,22H,1-2H3. The Balaban J connectivity index is 1.90. The summed E-state index contributed by atoms with van der Waals surface area (Å²) >= 11 is 0. The number of aryl methyl sites for hydroxylation is 1. The van der Waals surface area contributed by atoms with Gasteiger partial charge in [0, 0.05) is 17.3 Å². The van der Waals surface area contributed by atoms with Crippen molar-refractivity contribution in [1.82, 2.24) is 9.97 Å². The van der Waals surface area contributed by atoms with Gasteiger partial charge in [0.15, 0.2) is 0 Å². The van der Waals surface area contributed by atoms with E-state index in [0.717, 1.165) is 16.9 Å². The fraction of sp³-hybridized carbons (Fsp3) is 0.105. The van der Waals surface area contributed by atoms with E-state index in [4.69, 9.17) is 4.74 Å². The molecule has 0 aliphatic rings. The third kappa shape index (κ3) is 4.70. The first-order valence-electron chi connectivity index (χ1n) is 8.00. The van der Waals surface area contributed by atoms with Crippen molar-refractivity contribution < 1.29 is 4.74 Å². The summed E-state index contributed by atoms with van der Waals surface area (Å²) in [5.41, 5.74) is 5.39. The second-order valence-corrected chi connectivity index (χ2v) is 5.33. The Labute approximate surface area is 151 Å². The molecule has 3 aromatic rings. The summed E-state index contributed by atoms with van der Waals surface area (Å²) in [5.74, 6) is 1.07. The third-order valence-electron chi connectivity index (χ3n) is 3.36. The third-order valence-corrected chi connectivity index (χ3v) is 3.36. The Bertz CT molecular complexity index is 910. The van der Waals surface area contributed by atoms with Crippen molar-refractivity contribution in [1.29, 1.82) is 0 Å². The van der Waals surface area contributed by atoms with Gasteiger partial charge in [-0.3, -0.25) is 5.43 Å². The van der Waals surface area contributed by atoms with Crippen LogP contribution in [0.4, 0.5) is 11.6 Å². The van der Waals surface area contributed by atoms with Gasteiger partial charge in [-0.25, -0.2) is 4.98 Å². The summed E-state index contributed by atoms with van der Waals surface area (Å²) < 4.78 is 5.14.